The maximum Gasteiger partial charge on any atom is 0.312 e. The fourth-order valence-electron chi connectivity index (χ4n) is 3.45. The van der Waals surface area contributed by atoms with Crippen LogP contribution in [-0.4, -0.2) is 105 Å². The highest BCUT2D eigenvalue weighted by molar-refractivity contribution is 6.12. The van der Waals surface area contributed by atoms with Crippen molar-refractivity contribution in [3.8, 4) is 0 Å². The van der Waals surface area contributed by atoms with Crippen LogP contribution >= 0.6 is 0 Å². The van der Waals surface area contributed by atoms with Crippen LogP contribution in [0.1, 0.15) is 40.0 Å². The van der Waals surface area contributed by atoms with Crippen LogP contribution in [-0.2, 0) is 38.2 Å². The normalized spacial score (nSPS) is 14.4. The molecule has 0 aliphatic carbocycles. The van der Waals surface area contributed by atoms with Crippen molar-refractivity contribution in [3.63, 3.8) is 0 Å². The Morgan fingerprint density at radius 3 is 2.00 bits per heavy atom. The fourth-order valence-corrected chi connectivity index (χ4v) is 3.45. The van der Waals surface area contributed by atoms with Gasteiger partial charge in [0, 0.05) is 25.1 Å². The second-order valence-electron chi connectivity index (χ2n) is 9.14. The van der Waals surface area contributed by atoms with E-state index in [1.54, 1.807) is 13.8 Å². The molecule has 14 heteroatoms. The molecular formula is C25H41N5O9. The van der Waals surface area contributed by atoms with Gasteiger partial charge >= 0.3 is 6.03 Å². The highest BCUT2D eigenvalue weighted by atomic mass is 16.5. The summed E-state index contributed by atoms with van der Waals surface area (Å²) in [5.74, 6) is -1.98. The third-order valence-corrected chi connectivity index (χ3v) is 5.62. The van der Waals surface area contributed by atoms with Crippen molar-refractivity contribution in [3.05, 3.63) is 12.2 Å². The molecular weight excluding hydrogens is 514 g/mol. The van der Waals surface area contributed by atoms with Crippen LogP contribution in [0.15, 0.2) is 12.2 Å². The van der Waals surface area contributed by atoms with E-state index in [0.717, 1.165) is 4.90 Å². The van der Waals surface area contributed by atoms with E-state index < -0.39 is 24.0 Å². The van der Waals surface area contributed by atoms with Gasteiger partial charge in [-0.05, 0) is 25.7 Å². The first-order valence-electron chi connectivity index (χ1n) is 12.9. The summed E-state index contributed by atoms with van der Waals surface area (Å²) in [6.07, 6.45) is 3.25. The molecule has 220 valence electrons. The molecule has 5 N–H and O–H groups in total. The monoisotopic (exact) mass is 555 g/mol. The summed E-state index contributed by atoms with van der Waals surface area (Å²) in [5.41, 5.74) is 5.01. The Balaban J connectivity index is 2.18. The van der Waals surface area contributed by atoms with Crippen molar-refractivity contribution in [2.24, 2.45) is 11.7 Å². The third kappa shape index (κ3) is 14.4. The van der Waals surface area contributed by atoms with Gasteiger partial charge in [-0.2, -0.15) is 0 Å². The Labute approximate surface area is 228 Å². The minimum Gasteiger partial charge on any atom is -0.379 e. The number of rotatable bonds is 21. The van der Waals surface area contributed by atoms with Gasteiger partial charge in [0.15, 0.2) is 5.78 Å². The molecule has 0 bridgehead atoms. The number of carbonyl (C=O) groups is 6. The average Bonchev–Trinajstić information content (AvgIpc) is 3.19. The van der Waals surface area contributed by atoms with Crippen LogP contribution in [0.4, 0.5) is 4.79 Å². The van der Waals surface area contributed by atoms with Crippen molar-refractivity contribution in [1.82, 2.24) is 20.9 Å². The molecule has 0 fully saturated rings. The lowest BCUT2D eigenvalue weighted by Gasteiger charge is -2.24. The number of nitrogens with zero attached hydrogens (tertiary/aromatic N) is 1. The number of ether oxygens (including phenoxy) is 3. The summed E-state index contributed by atoms with van der Waals surface area (Å²) in [4.78, 5) is 71.7. The average molecular weight is 556 g/mol. The molecule has 39 heavy (non-hydrogen) atoms. The lowest BCUT2D eigenvalue weighted by atomic mass is 10.0. The van der Waals surface area contributed by atoms with Crippen molar-refractivity contribution < 1.29 is 43.0 Å². The Morgan fingerprint density at radius 2 is 1.46 bits per heavy atom. The summed E-state index contributed by atoms with van der Waals surface area (Å²) in [6.45, 7) is 6.88. The first-order valence-corrected chi connectivity index (χ1v) is 12.9. The van der Waals surface area contributed by atoms with E-state index in [-0.39, 0.29) is 75.4 Å². The quantitative estimate of drug-likeness (QED) is 0.102. The van der Waals surface area contributed by atoms with E-state index in [4.69, 9.17) is 19.9 Å². The van der Waals surface area contributed by atoms with Crippen molar-refractivity contribution >= 4 is 35.4 Å². The Kier molecular flexibility index (Phi) is 16.2. The zero-order valence-electron chi connectivity index (χ0n) is 22.9. The number of hydrogen-bond donors (Lipinski definition) is 4. The van der Waals surface area contributed by atoms with Crippen molar-refractivity contribution in [1.29, 1.82) is 0 Å². The summed E-state index contributed by atoms with van der Waals surface area (Å²) in [7, 11) is 0. The number of nitrogens with two attached hydrogens (primary N) is 1. The fraction of sp³-hybridized carbons (Fsp3) is 0.680. The summed E-state index contributed by atoms with van der Waals surface area (Å²) >= 11 is 0. The van der Waals surface area contributed by atoms with Gasteiger partial charge in [0.25, 0.3) is 11.8 Å². The van der Waals surface area contributed by atoms with E-state index in [2.05, 4.69) is 16.0 Å². The highest BCUT2D eigenvalue weighted by Crippen LogP contribution is 2.06. The van der Waals surface area contributed by atoms with Crippen molar-refractivity contribution in [2.45, 2.75) is 52.1 Å². The third-order valence-electron chi connectivity index (χ3n) is 5.62. The molecule has 6 amide bonds. The Bertz CT molecular complexity index is 860. The topological polar surface area (TPSA) is 195 Å². The number of hydrogen-bond acceptors (Lipinski definition) is 9. The van der Waals surface area contributed by atoms with E-state index in [1.807, 2.05) is 0 Å². The van der Waals surface area contributed by atoms with Gasteiger partial charge in [-0.3, -0.25) is 28.9 Å². The SMILES string of the molecule is CC(=O)[C@H](CCCNC(N)=O)NC(=O)[C@@H](NC(=O)CCOCCOCCOCCN1C(=O)C=CC1=O)C(C)C. The van der Waals surface area contributed by atoms with Gasteiger partial charge in [0.2, 0.25) is 11.8 Å². The minimum absolute atomic E-state index is 0.0390. The Morgan fingerprint density at radius 1 is 0.897 bits per heavy atom. The van der Waals surface area contributed by atoms with E-state index in [0.29, 0.717) is 26.1 Å². The first-order chi connectivity index (χ1) is 18.5. The molecule has 0 aromatic heterocycles. The van der Waals surface area contributed by atoms with Crippen LogP contribution in [0.5, 0.6) is 0 Å². The molecule has 14 nitrogen and oxygen atoms in total. The van der Waals surface area contributed by atoms with Gasteiger partial charge in [0.05, 0.1) is 52.2 Å². The molecule has 0 spiro atoms. The zero-order chi connectivity index (χ0) is 29.2. The van der Waals surface area contributed by atoms with Crippen molar-refractivity contribution in [2.75, 3.05) is 52.7 Å². The van der Waals surface area contributed by atoms with Gasteiger partial charge in [-0.1, -0.05) is 13.8 Å². The Hall–Kier alpha value is -3.36. The highest BCUT2D eigenvalue weighted by Gasteiger charge is 2.27. The number of nitrogens with one attached hydrogen (secondary N) is 3. The molecule has 1 heterocycles. The second kappa shape index (κ2) is 18.8. The van der Waals surface area contributed by atoms with Crippen LogP contribution in [0.25, 0.3) is 0 Å². The molecule has 0 radical (unpaired) electrons. The molecule has 1 aliphatic heterocycles. The molecule has 0 saturated carbocycles. The molecule has 2 atom stereocenters. The summed E-state index contributed by atoms with van der Waals surface area (Å²) in [6, 6.07) is -2.23. The molecule has 1 rings (SSSR count). The maximum atomic E-state index is 12.8. The molecule has 0 unspecified atom stereocenters. The summed E-state index contributed by atoms with van der Waals surface area (Å²) in [5, 5.41) is 7.79. The molecule has 0 aromatic rings. The number of ketones is 1. The van der Waals surface area contributed by atoms with E-state index in [1.165, 1.54) is 19.1 Å². The second-order valence-corrected chi connectivity index (χ2v) is 9.14. The number of imide groups is 1. The van der Waals surface area contributed by atoms with Crippen LogP contribution in [0.3, 0.4) is 0 Å². The van der Waals surface area contributed by atoms with E-state index >= 15 is 0 Å². The van der Waals surface area contributed by atoms with E-state index in [9.17, 15) is 28.8 Å². The van der Waals surface area contributed by atoms with Gasteiger partial charge in [-0.15, -0.1) is 0 Å². The number of primary amides is 1. The first kappa shape index (κ1) is 33.7. The predicted octanol–water partition coefficient (Wildman–Crippen LogP) is -0.986. The zero-order valence-corrected chi connectivity index (χ0v) is 22.9. The number of urea groups is 1. The number of Topliss-reactive ketones (excluding diaryl/α,β-unsaturated/α-hetero) is 1. The van der Waals surface area contributed by atoms with Crippen LogP contribution in [0, 0.1) is 5.92 Å². The lowest BCUT2D eigenvalue weighted by Crippen LogP contribution is -2.53. The molecule has 1 aliphatic rings. The maximum absolute atomic E-state index is 12.8. The van der Waals surface area contributed by atoms with Gasteiger partial charge in [0.1, 0.15) is 6.04 Å². The summed E-state index contributed by atoms with van der Waals surface area (Å²) < 4.78 is 16.1. The molecule has 0 aromatic carbocycles. The smallest absolute Gasteiger partial charge is 0.312 e. The predicted molar refractivity (Wildman–Crippen MR) is 139 cm³/mol. The van der Waals surface area contributed by atoms with Crippen LogP contribution in [0.2, 0.25) is 0 Å². The largest absolute Gasteiger partial charge is 0.379 e. The molecule has 0 saturated heterocycles. The van der Waals surface area contributed by atoms with Crippen LogP contribution < -0.4 is 21.7 Å². The lowest BCUT2D eigenvalue weighted by molar-refractivity contribution is -0.137. The minimum atomic E-state index is -0.829. The van der Waals surface area contributed by atoms with Gasteiger partial charge < -0.3 is 35.9 Å². The number of carbonyl (C=O) groups excluding carboxylic acids is 6. The standard InChI is InChI=1S/C25H41N5O9/c1-17(2)23(24(35)28-19(18(3)31)5-4-9-27-25(26)36)29-20(32)8-11-37-13-15-39-16-14-38-12-10-30-21(33)6-7-22(30)34/h6-7,17,19,23H,4-5,8-16H2,1-3H3,(H,28,35)(H,29,32)(H3,26,27,36)/t19-,23-/m0/s1. The van der Waals surface area contributed by atoms with Gasteiger partial charge in [-0.25, -0.2) is 4.79 Å². The number of amides is 6.